The highest BCUT2D eigenvalue weighted by Crippen LogP contribution is 1.90. The summed E-state index contributed by atoms with van der Waals surface area (Å²) in [6, 6.07) is 0. The number of hydrogen-bond acceptors (Lipinski definition) is 7. The lowest BCUT2D eigenvalue weighted by Crippen LogP contribution is -2.12. The van der Waals surface area contributed by atoms with E-state index < -0.39 is 17.9 Å². The minimum Gasteiger partial charge on any atom is -0.480 e. The molecule has 0 aliphatic rings. The standard InChI is InChI=1S/C6H12O5.C6H8O3/c7-1-2-10-3-4-11-5-6(8)9;1-4(2)6(8)9-5(3)7/h7H,1-5H2,(H,8,9);1H2,2-3H3. The molecule has 0 amide bonds. The Kier molecular flexibility index (Phi) is 14.0. The Morgan fingerprint density at radius 1 is 1.05 bits per heavy atom. The van der Waals surface area contributed by atoms with Crippen LogP contribution >= 0.6 is 0 Å². The molecule has 8 heteroatoms. The van der Waals surface area contributed by atoms with Gasteiger partial charge in [0.05, 0.1) is 26.4 Å². The summed E-state index contributed by atoms with van der Waals surface area (Å²) in [5.74, 6) is -2.27. The quantitative estimate of drug-likeness (QED) is 0.272. The van der Waals surface area contributed by atoms with E-state index in [4.69, 9.17) is 14.9 Å². The molecular weight excluding hydrogens is 272 g/mol. The fraction of sp³-hybridized carbons (Fsp3) is 0.583. The van der Waals surface area contributed by atoms with Gasteiger partial charge in [-0.3, -0.25) is 4.79 Å². The SMILES string of the molecule is C=C(C)C(=O)OC(C)=O.O=C(O)COCCOCCO. The molecule has 0 radical (unpaired) electrons. The van der Waals surface area contributed by atoms with Crippen molar-refractivity contribution in [1.82, 2.24) is 0 Å². The van der Waals surface area contributed by atoms with Crippen LogP contribution in [0.1, 0.15) is 13.8 Å². The molecule has 0 fully saturated rings. The monoisotopic (exact) mass is 292 g/mol. The third-order valence-electron chi connectivity index (χ3n) is 1.42. The number of esters is 2. The van der Waals surface area contributed by atoms with E-state index in [-0.39, 0.29) is 32.0 Å². The summed E-state index contributed by atoms with van der Waals surface area (Å²) in [5.41, 5.74) is 0.227. The molecule has 0 aliphatic heterocycles. The third kappa shape index (κ3) is 18.6. The Morgan fingerprint density at radius 3 is 1.95 bits per heavy atom. The Balaban J connectivity index is 0. The van der Waals surface area contributed by atoms with Crippen LogP contribution in [0.3, 0.4) is 0 Å². The predicted octanol–water partition coefficient (Wildman–Crippen LogP) is -0.251. The van der Waals surface area contributed by atoms with Crippen molar-refractivity contribution in [2.75, 3.05) is 33.0 Å². The summed E-state index contributed by atoms with van der Waals surface area (Å²) in [4.78, 5) is 30.4. The van der Waals surface area contributed by atoms with Gasteiger partial charge >= 0.3 is 17.9 Å². The molecule has 0 atom stereocenters. The molecule has 20 heavy (non-hydrogen) atoms. The molecule has 0 bridgehead atoms. The lowest BCUT2D eigenvalue weighted by atomic mass is 10.4. The lowest BCUT2D eigenvalue weighted by molar-refractivity contribution is -0.155. The van der Waals surface area contributed by atoms with Gasteiger partial charge in [0, 0.05) is 12.5 Å². The van der Waals surface area contributed by atoms with Crippen LogP contribution in [0.4, 0.5) is 0 Å². The molecule has 0 saturated carbocycles. The molecule has 0 aliphatic carbocycles. The smallest absolute Gasteiger partial charge is 0.340 e. The fourth-order valence-corrected chi connectivity index (χ4v) is 0.662. The summed E-state index contributed by atoms with van der Waals surface area (Å²) in [6.45, 7) is 6.41. The van der Waals surface area contributed by atoms with Gasteiger partial charge in [-0.2, -0.15) is 0 Å². The minimum atomic E-state index is -0.993. The number of aliphatic hydroxyl groups is 1. The minimum absolute atomic E-state index is 0.0288. The zero-order chi connectivity index (χ0) is 16.0. The molecule has 0 saturated heterocycles. The molecule has 8 nitrogen and oxygen atoms in total. The number of carbonyl (C=O) groups is 3. The van der Waals surface area contributed by atoms with Crippen molar-refractivity contribution in [2.24, 2.45) is 0 Å². The maximum atomic E-state index is 10.4. The van der Waals surface area contributed by atoms with Crippen molar-refractivity contribution >= 4 is 17.9 Å². The van der Waals surface area contributed by atoms with E-state index in [1.165, 1.54) is 13.8 Å². The number of carboxylic acid groups (broad SMARTS) is 1. The number of carboxylic acids is 1. The van der Waals surface area contributed by atoms with Crippen LogP contribution in [0.25, 0.3) is 0 Å². The molecule has 0 aromatic rings. The number of carbonyl (C=O) groups excluding carboxylic acids is 2. The van der Waals surface area contributed by atoms with Crippen LogP contribution in [-0.2, 0) is 28.6 Å². The van der Waals surface area contributed by atoms with E-state index in [1.54, 1.807) is 0 Å². The number of aliphatic hydroxyl groups excluding tert-OH is 1. The number of ether oxygens (including phenoxy) is 3. The average molecular weight is 292 g/mol. The second-order valence-corrected chi connectivity index (χ2v) is 3.44. The van der Waals surface area contributed by atoms with Gasteiger partial charge in [-0.1, -0.05) is 6.58 Å². The van der Waals surface area contributed by atoms with Crippen molar-refractivity contribution in [1.29, 1.82) is 0 Å². The van der Waals surface area contributed by atoms with Gasteiger partial charge in [0.2, 0.25) is 0 Å². The van der Waals surface area contributed by atoms with Crippen molar-refractivity contribution in [3.05, 3.63) is 12.2 Å². The van der Waals surface area contributed by atoms with Crippen LogP contribution in [0.5, 0.6) is 0 Å². The van der Waals surface area contributed by atoms with Gasteiger partial charge in [0.15, 0.2) is 0 Å². The largest absolute Gasteiger partial charge is 0.480 e. The average Bonchev–Trinajstić information content (AvgIpc) is 2.33. The van der Waals surface area contributed by atoms with Gasteiger partial charge in [-0.15, -0.1) is 0 Å². The lowest BCUT2D eigenvalue weighted by Gasteiger charge is -2.01. The van der Waals surface area contributed by atoms with E-state index in [2.05, 4.69) is 16.1 Å². The summed E-state index contributed by atoms with van der Waals surface area (Å²) >= 11 is 0. The van der Waals surface area contributed by atoms with Gasteiger partial charge in [-0.25, -0.2) is 9.59 Å². The van der Waals surface area contributed by atoms with Crippen LogP contribution in [0, 0.1) is 0 Å². The Labute approximate surface area is 116 Å². The van der Waals surface area contributed by atoms with Crippen molar-refractivity contribution in [2.45, 2.75) is 13.8 Å². The van der Waals surface area contributed by atoms with Crippen molar-refractivity contribution < 1.29 is 38.8 Å². The highest BCUT2D eigenvalue weighted by atomic mass is 16.6. The molecule has 2 N–H and O–H groups in total. The first-order valence-corrected chi connectivity index (χ1v) is 5.67. The molecule has 0 heterocycles. The third-order valence-corrected chi connectivity index (χ3v) is 1.42. The number of hydrogen-bond donors (Lipinski definition) is 2. The fourth-order valence-electron chi connectivity index (χ4n) is 0.662. The van der Waals surface area contributed by atoms with Crippen LogP contribution in [0.2, 0.25) is 0 Å². The number of rotatable bonds is 8. The number of aliphatic carboxylic acids is 1. The predicted molar refractivity (Wildman–Crippen MR) is 67.9 cm³/mol. The molecule has 0 unspecified atom stereocenters. The normalized spacial score (nSPS) is 9.15. The van der Waals surface area contributed by atoms with E-state index >= 15 is 0 Å². The van der Waals surface area contributed by atoms with Gasteiger partial charge in [0.25, 0.3) is 0 Å². The Bertz CT molecular complexity index is 323. The van der Waals surface area contributed by atoms with Crippen molar-refractivity contribution in [3.8, 4) is 0 Å². The van der Waals surface area contributed by atoms with Gasteiger partial charge in [0.1, 0.15) is 6.61 Å². The maximum Gasteiger partial charge on any atom is 0.340 e. The van der Waals surface area contributed by atoms with E-state index in [0.29, 0.717) is 6.61 Å². The molecular formula is C12H20O8. The van der Waals surface area contributed by atoms with Gasteiger partial charge < -0.3 is 24.4 Å². The van der Waals surface area contributed by atoms with Crippen LogP contribution < -0.4 is 0 Å². The van der Waals surface area contributed by atoms with Gasteiger partial charge in [-0.05, 0) is 6.92 Å². The zero-order valence-corrected chi connectivity index (χ0v) is 11.6. The molecule has 0 aromatic heterocycles. The Hall–Kier alpha value is -1.77. The molecule has 0 aromatic carbocycles. The highest BCUT2D eigenvalue weighted by molar-refractivity contribution is 5.94. The summed E-state index contributed by atoms with van der Waals surface area (Å²) in [7, 11) is 0. The summed E-state index contributed by atoms with van der Waals surface area (Å²) < 4.78 is 13.6. The first-order valence-electron chi connectivity index (χ1n) is 5.67. The molecule has 0 spiro atoms. The first-order chi connectivity index (χ1) is 9.31. The Morgan fingerprint density at radius 2 is 1.60 bits per heavy atom. The summed E-state index contributed by atoms with van der Waals surface area (Å²) in [5, 5.41) is 16.4. The topological polar surface area (TPSA) is 119 Å². The molecule has 116 valence electrons. The van der Waals surface area contributed by atoms with E-state index in [1.807, 2.05) is 0 Å². The highest BCUT2D eigenvalue weighted by Gasteiger charge is 2.04. The second kappa shape index (κ2) is 13.7. The molecule has 0 rings (SSSR count). The van der Waals surface area contributed by atoms with E-state index in [0.717, 1.165) is 0 Å². The summed E-state index contributed by atoms with van der Waals surface area (Å²) in [6.07, 6.45) is 0. The van der Waals surface area contributed by atoms with E-state index in [9.17, 15) is 14.4 Å². The van der Waals surface area contributed by atoms with Crippen molar-refractivity contribution in [3.63, 3.8) is 0 Å². The second-order valence-electron chi connectivity index (χ2n) is 3.44. The zero-order valence-electron chi connectivity index (χ0n) is 11.6. The van der Waals surface area contributed by atoms with Crippen LogP contribution in [-0.4, -0.2) is 61.2 Å². The first kappa shape index (κ1) is 20.5. The maximum absolute atomic E-state index is 10.4. The van der Waals surface area contributed by atoms with Crippen LogP contribution in [0.15, 0.2) is 12.2 Å².